The predicted octanol–water partition coefficient (Wildman–Crippen LogP) is 1.44. The van der Waals surface area contributed by atoms with Crippen molar-refractivity contribution in [1.29, 1.82) is 0 Å². The molecule has 16 heavy (non-hydrogen) atoms. The number of ether oxygens (including phenoxy) is 3. The Bertz CT molecular complexity index is 133. The normalized spacial score (nSPS) is 12.9. The fourth-order valence-corrected chi connectivity index (χ4v) is 1.34. The molecular formula is C12H27NO3. The van der Waals surface area contributed by atoms with Gasteiger partial charge in [-0.2, -0.15) is 0 Å². The van der Waals surface area contributed by atoms with Gasteiger partial charge in [-0.05, 0) is 33.2 Å². The topological polar surface area (TPSA) is 39.7 Å². The van der Waals surface area contributed by atoms with Gasteiger partial charge in [0.1, 0.15) is 0 Å². The summed E-state index contributed by atoms with van der Waals surface area (Å²) in [7, 11) is 1.69. The molecule has 98 valence electrons. The van der Waals surface area contributed by atoms with Crippen molar-refractivity contribution in [2.45, 2.75) is 32.8 Å². The number of methoxy groups -OCH3 is 1. The molecule has 0 bridgehead atoms. The molecule has 0 aromatic rings. The molecule has 4 nitrogen and oxygen atoms in total. The van der Waals surface area contributed by atoms with Crippen molar-refractivity contribution in [3.8, 4) is 0 Å². The summed E-state index contributed by atoms with van der Waals surface area (Å²) in [5.74, 6) is 0. The Balaban J connectivity index is 2.98. The highest BCUT2D eigenvalue weighted by Gasteiger charge is 1.99. The monoisotopic (exact) mass is 233 g/mol. The van der Waals surface area contributed by atoms with Crippen LogP contribution in [0.1, 0.15) is 26.7 Å². The molecule has 1 N–H and O–H groups in total. The van der Waals surface area contributed by atoms with E-state index >= 15 is 0 Å². The zero-order valence-electron chi connectivity index (χ0n) is 11.0. The summed E-state index contributed by atoms with van der Waals surface area (Å²) >= 11 is 0. The summed E-state index contributed by atoms with van der Waals surface area (Å²) in [5, 5.41) is 3.34. The smallest absolute Gasteiger partial charge is 0.0780 e. The van der Waals surface area contributed by atoms with Crippen LogP contribution in [0, 0.1) is 0 Å². The molecule has 1 atom stereocenters. The first-order valence-electron chi connectivity index (χ1n) is 6.20. The minimum Gasteiger partial charge on any atom is -0.382 e. The molecule has 1 unspecified atom stereocenters. The Labute approximate surface area is 99.6 Å². The van der Waals surface area contributed by atoms with Crippen LogP contribution in [0.2, 0.25) is 0 Å². The van der Waals surface area contributed by atoms with Gasteiger partial charge in [0.25, 0.3) is 0 Å². The molecule has 0 saturated heterocycles. The number of hydrogen-bond donors (Lipinski definition) is 1. The lowest BCUT2D eigenvalue weighted by Gasteiger charge is -2.12. The van der Waals surface area contributed by atoms with Crippen molar-refractivity contribution < 1.29 is 14.2 Å². The zero-order valence-corrected chi connectivity index (χ0v) is 11.0. The Morgan fingerprint density at radius 3 is 2.62 bits per heavy atom. The average molecular weight is 233 g/mol. The van der Waals surface area contributed by atoms with E-state index in [1.807, 2.05) is 13.8 Å². The van der Waals surface area contributed by atoms with Crippen molar-refractivity contribution in [3.63, 3.8) is 0 Å². The van der Waals surface area contributed by atoms with Crippen LogP contribution >= 0.6 is 0 Å². The van der Waals surface area contributed by atoms with Crippen molar-refractivity contribution in [2.75, 3.05) is 46.6 Å². The molecule has 0 rings (SSSR count). The van der Waals surface area contributed by atoms with E-state index in [-0.39, 0.29) is 6.10 Å². The summed E-state index contributed by atoms with van der Waals surface area (Å²) in [6.07, 6.45) is 2.47. The van der Waals surface area contributed by atoms with Crippen molar-refractivity contribution >= 4 is 0 Å². The van der Waals surface area contributed by atoms with E-state index < -0.39 is 0 Å². The highest BCUT2D eigenvalue weighted by molar-refractivity contribution is 4.50. The summed E-state index contributed by atoms with van der Waals surface area (Å²) in [5.41, 5.74) is 0. The lowest BCUT2D eigenvalue weighted by molar-refractivity contribution is 0.0107. The van der Waals surface area contributed by atoms with Crippen LogP contribution in [0.5, 0.6) is 0 Å². The van der Waals surface area contributed by atoms with Gasteiger partial charge in [0.15, 0.2) is 0 Å². The van der Waals surface area contributed by atoms with E-state index in [0.29, 0.717) is 6.61 Å². The number of nitrogens with one attached hydrogen (secondary N) is 1. The van der Waals surface area contributed by atoms with Crippen LogP contribution in [0.25, 0.3) is 0 Å². The molecule has 0 aliphatic carbocycles. The molecule has 0 radical (unpaired) electrons. The third-order valence-corrected chi connectivity index (χ3v) is 2.18. The fourth-order valence-electron chi connectivity index (χ4n) is 1.34. The van der Waals surface area contributed by atoms with Crippen LogP contribution in [-0.4, -0.2) is 52.7 Å². The standard InChI is InChI=1S/C12H27NO3/c1-4-15-9-6-5-7-13-8-10-16-12(2)11-14-3/h12-13H,4-11H2,1-3H3. The van der Waals surface area contributed by atoms with Gasteiger partial charge in [-0.1, -0.05) is 0 Å². The first-order valence-corrected chi connectivity index (χ1v) is 6.20. The highest BCUT2D eigenvalue weighted by Crippen LogP contribution is 1.90. The minimum atomic E-state index is 0.185. The molecule has 0 fully saturated rings. The zero-order chi connectivity index (χ0) is 12.1. The van der Waals surface area contributed by atoms with Gasteiger partial charge in [-0.3, -0.25) is 0 Å². The Morgan fingerprint density at radius 1 is 1.12 bits per heavy atom. The third-order valence-electron chi connectivity index (χ3n) is 2.18. The van der Waals surface area contributed by atoms with Gasteiger partial charge in [-0.25, -0.2) is 0 Å². The lowest BCUT2D eigenvalue weighted by Crippen LogP contribution is -2.24. The molecule has 0 aromatic carbocycles. The number of unbranched alkanes of at least 4 members (excludes halogenated alkanes) is 1. The highest BCUT2D eigenvalue weighted by atomic mass is 16.5. The summed E-state index contributed by atoms with van der Waals surface area (Å²) in [6, 6.07) is 0. The largest absolute Gasteiger partial charge is 0.382 e. The second-order valence-corrected chi connectivity index (χ2v) is 3.79. The number of rotatable bonds is 12. The van der Waals surface area contributed by atoms with Gasteiger partial charge in [-0.15, -0.1) is 0 Å². The van der Waals surface area contributed by atoms with Gasteiger partial charge >= 0.3 is 0 Å². The van der Waals surface area contributed by atoms with E-state index in [2.05, 4.69) is 5.32 Å². The lowest BCUT2D eigenvalue weighted by atomic mass is 10.3. The molecule has 0 saturated carbocycles. The maximum atomic E-state index is 5.52. The summed E-state index contributed by atoms with van der Waals surface area (Å²) in [4.78, 5) is 0. The van der Waals surface area contributed by atoms with Crippen LogP contribution in [0.15, 0.2) is 0 Å². The van der Waals surface area contributed by atoms with Crippen LogP contribution < -0.4 is 5.32 Å². The first kappa shape index (κ1) is 15.8. The maximum Gasteiger partial charge on any atom is 0.0780 e. The van der Waals surface area contributed by atoms with Crippen molar-refractivity contribution in [2.24, 2.45) is 0 Å². The average Bonchev–Trinajstić information content (AvgIpc) is 2.27. The molecule has 0 spiro atoms. The Hall–Kier alpha value is -0.160. The molecule has 0 aliphatic heterocycles. The second kappa shape index (κ2) is 12.9. The van der Waals surface area contributed by atoms with Crippen LogP contribution in [-0.2, 0) is 14.2 Å². The van der Waals surface area contributed by atoms with E-state index in [1.165, 1.54) is 0 Å². The molecular weight excluding hydrogens is 206 g/mol. The summed E-state index contributed by atoms with van der Waals surface area (Å²) in [6.45, 7) is 9.09. The van der Waals surface area contributed by atoms with E-state index in [4.69, 9.17) is 14.2 Å². The fraction of sp³-hybridized carbons (Fsp3) is 1.00. The molecule has 0 aromatic heterocycles. The van der Waals surface area contributed by atoms with Gasteiger partial charge in [0, 0.05) is 26.9 Å². The molecule has 0 aliphatic rings. The molecule has 0 heterocycles. The van der Waals surface area contributed by atoms with E-state index in [0.717, 1.165) is 45.8 Å². The molecule has 0 amide bonds. The SMILES string of the molecule is CCOCCCCNCCOC(C)COC. The van der Waals surface area contributed by atoms with Crippen LogP contribution in [0.3, 0.4) is 0 Å². The third kappa shape index (κ3) is 11.9. The number of hydrogen-bond acceptors (Lipinski definition) is 4. The quantitative estimate of drug-likeness (QED) is 0.518. The van der Waals surface area contributed by atoms with Gasteiger partial charge in [0.05, 0.1) is 19.3 Å². The van der Waals surface area contributed by atoms with Gasteiger partial charge in [0.2, 0.25) is 0 Å². The second-order valence-electron chi connectivity index (χ2n) is 3.79. The van der Waals surface area contributed by atoms with E-state index in [9.17, 15) is 0 Å². The first-order chi connectivity index (χ1) is 7.81. The Kier molecular flexibility index (Phi) is 12.8. The maximum absolute atomic E-state index is 5.52. The Morgan fingerprint density at radius 2 is 1.94 bits per heavy atom. The van der Waals surface area contributed by atoms with Crippen molar-refractivity contribution in [1.82, 2.24) is 5.32 Å². The van der Waals surface area contributed by atoms with E-state index in [1.54, 1.807) is 7.11 Å². The molecule has 4 heteroatoms. The predicted molar refractivity (Wildman–Crippen MR) is 65.9 cm³/mol. The van der Waals surface area contributed by atoms with Gasteiger partial charge < -0.3 is 19.5 Å². The van der Waals surface area contributed by atoms with Crippen molar-refractivity contribution in [3.05, 3.63) is 0 Å². The summed E-state index contributed by atoms with van der Waals surface area (Å²) < 4.78 is 15.7. The van der Waals surface area contributed by atoms with Crippen LogP contribution in [0.4, 0.5) is 0 Å². The minimum absolute atomic E-state index is 0.185.